The number of unbranched alkanes of at least 4 members (excludes halogenated alkanes) is 1. The molecule has 0 saturated heterocycles. The molecule has 0 spiro atoms. The summed E-state index contributed by atoms with van der Waals surface area (Å²) >= 11 is 12.4. The van der Waals surface area contributed by atoms with E-state index in [1.807, 2.05) is 6.07 Å². The normalized spacial score (nSPS) is 20.8. The molecule has 0 aliphatic carbocycles. The Morgan fingerprint density at radius 3 is 2.79 bits per heavy atom. The van der Waals surface area contributed by atoms with Crippen molar-refractivity contribution in [2.75, 3.05) is 6.54 Å². The van der Waals surface area contributed by atoms with E-state index in [-0.39, 0.29) is 11.6 Å². The van der Waals surface area contributed by atoms with Gasteiger partial charge in [0.2, 0.25) is 0 Å². The van der Waals surface area contributed by atoms with Crippen LogP contribution >= 0.6 is 23.2 Å². The molecule has 19 heavy (non-hydrogen) atoms. The Morgan fingerprint density at radius 1 is 1.37 bits per heavy atom. The van der Waals surface area contributed by atoms with Gasteiger partial charge in [-0.25, -0.2) is 0 Å². The Labute approximate surface area is 125 Å². The Bertz CT molecular complexity index is 460. The third-order valence-corrected chi connectivity index (χ3v) is 3.91. The molecule has 1 unspecified atom stereocenters. The third-order valence-electron chi connectivity index (χ3n) is 3.41. The Balaban J connectivity index is 2.30. The van der Waals surface area contributed by atoms with E-state index in [1.54, 1.807) is 6.07 Å². The maximum Gasteiger partial charge on any atom is 0.143 e. The van der Waals surface area contributed by atoms with Gasteiger partial charge in [0.25, 0.3) is 0 Å². The molecule has 0 saturated carbocycles. The molecule has 4 heteroatoms. The molecular formula is C15H21Cl2NO. The standard InChI is InChI=1S/C15H21Cl2NO/c1-4-5-6-18-13-9-15(2,3)19-14-11(13)7-10(16)8-12(14)17/h7-8,13,18H,4-6,9H2,1-3H3. The molecule has 106 valence electrons. The van der Waals surface area contributed by atoms with Gasteiger partial charge in [-0.1, -0.05) is 36.5 Å². The molecule has 1 heterocycles. The summed E-state index contributed by atoms with van der Waals surface area (Å²) in [5.41, 5.74) is 0.863. The molecule has 1 aromatic rings. The largest absolute Gasteiger partial charge is 0.486 e. The van der Waals surface area contributed by atoms with E-state index in [2.05, 4.69) is 26.1 Å². The fraction of sp³-hybridized carbons (Fsp3) is 0.600. The van der Waals surface area contributed by atoms with E-state index in [0.717, 1.165) is 24.3 Å². The summed E-state index contributed by atoms with van der Waals surface area (Å²) < 4.78 is 6.01. The van der Waals surface area contributed by atoms with Crippen LogP contribution in [-0.2, 0) is 0 Å². The zero-order chi connectivity index (χ0) is 14.0. The molecule has 2 rings (SSSR count). The molecule has 2 nitrogen and oxygen atoms in total. The summed E-state index contributed by atoms with van der Waals surface area (Å²) in [7, 11) is 0. The number of rotatable bonds is 4. The third kappa shape index (κ3) is 3.56. The van der Waals surface area contributed by atoms with E-state index in [1.165, 1.54) is 12.8 Å². The predicted octanol–water partition coefficient (Wildman–Crippen LogP) is 4.99. The molecule has 1 aromatic carbocycles. The Hall–Kier alpha value is -0.440. The van der Waals surface area contributed by atoms with Crippen molar-refractivity contribution < 1.29 is 4.74 Å². The second kappa shape index (κ2) is 5.90. The van der Waals surface area contributed by atoms with Crippen LogP contribution in [0.25, 0.3) is 0 Å². The molecule has 0 amide bonds. The number of halogens is 2. The van der Waals surface area contributed by atoms with E-state index in [0.29, 0.717) is 10.0 Å². The van der Waals surface area contributed by atoms with Crippen LogP contribution in [0.15, 0.2) is 12.1 Å². The van der Waals surface area contributed by atoms with Crippen molar-refractivity contribution in [2.24, 2.45) is 0 Å². The summed E-state index contributed by atoms with van der Waals surface area (Å²) in [6.45, 7) is 7.38. The quantitative estimate of drug-likeness (QED) is 0.792. The smallest absolute Gasteiger partial charge is 0.143 e. The van der Waals surface area contributed by atoms with Crippen molar-refractivity contribution in [2.45, 2.75) is 51.7 Å². The minimum atomic E-state index is -0.214. The lowest BCUT2D eigenvalue weighted by Gasteiger charge is -2.38. The van der Waals surface area contributed by atoms with Gasteiger partial charge in [-0.2, -0.15) is 0 Å². The maximum absolute atomic E-state index is 6.26. The summed E-state index contributed by atoms with van der Waals surface area (Å²) in [4.78, 5) is 0. The minimum Gasteiger partial charge on any atom is -0.486 e. The average Bonchev–Trinajstić information content (AvgIpc) is 2.30. The van der Waals surface area contributed by atoms with Crippen LogP contribution in [0.5, 0.6) is 5.75 Å². The molecule has 0 radical (unpaired) electrons. The van der Waals surface area contributed by atoms with Crippen molar-refractivity contribution in [3.63, 3.8) is 0 Å². The number of ether oxygens (including phenoxy) is 1. The van der Waals surface area contributed by atoms with Gasteiger partial charge in [0, 0.05) is 23.0 Å². The first-order chi connectivity index (χ1) is 8.93. The van der Waals surface area contributed by atoms with Crippen LogP contribution in [0.2, 0.25) is 10.0 Å². The molecule has 1 atom stereocenters. The van der Waals surface area contributed by atoms with Gasteiger partial charge < -0.3 is 10.1 Å². The fourth-order valence-electron chi connectivity index (χ4n) is 2.50. The predicted molar refractivity (Wildman–Crippen MR) is 81.4 cm³/mol. The summed E-state index contributed by atoms with van der Waals surface area (Å²) in [6, 6.07) is 3.95. The fourth-order valence-corrected chi connectivity index (χ4v) is 3.05. The van der Waals surface area contributed by atoms with Crippen molar-refractivity contribution in [1.29, 1.82) is 0 Å². The van der Waals surface area contributed by atoms with Crippen LogP contribution in [0, 0.1) is 0 Å². The lowest BCUT2D eigenvalue weighted by atomic mass is 9.89. The van der Waals surface area contributed by atoms with Gasteiger partial charge in [0.1, 0.15) is 11.4 Å². The van der Waals surface area contributed by atoms with Crippen LogP contribution in [0.4, 0.5) is 0 Å². The van der Waals surface area contributed by atoms with E-state index < -0.39 is 0 Å². The van der Waals surface area contributed by atoms with E-state index >= 15 is 0 Å². The van der Waals surface area contributed by atoms with Crippen molar-refractivity contribution in [3.8, 4) is 5.75 Å². The molecule has 0 bridgehead atoms. The van der Waals surface area contributed by atoms with Gasteiger partial charge in [0.15, 0.2) is 0 Å². The summed E-state index contributed by atoms with van der Waals surface area (Å²) in [5, 5.41) is 4.85. The molecule has 1 N–H and O–H groups in total. The van der Waals surface area contributed by atoms with Crippen LogP contribution in [-0.4, -0.2) is 12.1 Å². The van der Waals surface area contributed by atoms with Gasteiger partial charge in [-0.15, -0.1) is 0 Å². The van der Waals surface area contributed by atoms with Gasteiger partial charge >= 0.3 is 0 Å². The highest BCUT2D eigenvalue weighted by atomic mass is 35.5. The minimum absolute atomic E-state index is 0.214. The Morgan fingerprint density at radius 2 is 2.11 bits per heavy atom. The number of nitrogens with one attached hydrogen (secondary N) is 1. The Kier molecular flexibility index (Phi) is 4.65. The average molecular weight is 302 g/mol. The molecular weight excluding hydrogens is 281 g/mol. The van der Waals surface area contributed by atoms with E-state index in [4.69, 9.17) is 27.9 Å². The van der Waals surface area contributed by atoms with Gasteiger partial charge in [0.05, 0.1) is 5.02 Å². The lowest BCUT2D eigenvalue weighted by molar-refractivity contribution is 0.0662. The van der Waals surface area contributed by atoms with Crippen molar-refractivity contribution in [1.82, 2.24) is 5.32 Å². The monoisotopic (exact) mass is 301 g/mol. The SMILES string of the molecule is CCCCNC1CC(C)(C)Oc2c(Cl)cc(Cl)cc21. The number of benzene rings is 1. The van der Waals surface area contributed by atoms with Crippen LogP contribution < -0.4 is 10.1 Å². The second-order valence-electron chi connectivity index (χ2n) is 5.73. The van der Waals surface area contributed by atoms with Gasteiger partial charge in [-0.3, -0.25) is 0 Å². The first-order valence-corrected chi connectivity index (χ1v) is 7.60. The zero-order valence-electron chi connectivity index (χ0n) is 11.7. The highest BCUT2D eigenvalue weighted by Gasteiger charge is 2.34. The van der Waals surface area contributed by atoms with Crippen molar-refractivity contribution in [3.05, 3.63) is 27.7 Å². The molecule has 1 aliphatic rings. The zero-order valence-corrected chi connectivity index (χ0v) is 13.2. The summed E-state index contributed by atoms with van der Waals surface area (Å²) in [5.74, 6) is 0.774. The van der Waals surface area contributed by atoms with Crippen molar-refractivity contribution >= 4 is 23.2 Å². The first-order valence-electron chi connectivity index (χ1n) is 6.84. The van der Waals surface area contributed by atoms with E-state index in [9.17, 15) is 0 Å². The lowest BCUT2D eigenvalue weighted by Crippen LogP contribution is -2.39. The number of hydrogen-bond donors (Lipinski definition) is 1. The molecule has 1 aliphatic heterocycles. The highest BCUT2D eigenvalue weighted by Crippen LogP contribution is 2.44. The summed E-state index contributed by atoms with van der Waals surface area (Å²) in [6.07, 6.45) is 3.27. The van der Waals surface area contributed by atoms with Crippen LogP contribution in [0.3, 0.4) is 0 Å². The maximum atomic E-state index is 6.26. The molecule has 0 fully saturated rings. The first kappa shape index (κ1) is 15.0. The second-order valence-corrected chi connectivity index (χ2v) is 6.58. The number of hydrogen-bond acceptors (Lipinski definition) is 2. The topological polar surface area (TPSA) is 21.3 Å². The van der Waals surface area contributed by atoms with Gasteiger partial charge in [-0.05, 0) is 38.9 Å². The van der Waals surface area contributed by atoms with Crippen LogP contribution in [0.1, 0.15) is 51.6 Å². The highest BCUT2D eigenvalue weighted by molar-refractivity contribution is 6.35. The number of fused-ring (bicyclic) bond motifs is 1. The molecule has 0 aromatic heterocycles.